The van der Waals surface area contributed by atoms with Crippen LogP contribution in [0.3, 0.4) is 0 Å². The Morgan fingerprint density at radius 2 is 2.04 bits per heavy atom. The van der Waals surface area contributed by atoms with Gasteiger partial charge in [-0.3, -0.25) is 14.7 Å². The van der Waals surface area contributed by atoms with Gasteiger partial charge in [0.15, 0.2) is 0 Å². The van der Waals surface area contributed by atoms with Crippen LogP contribution in [-0.4, -0.2) is 54.9 Å². The normalized spacial score (nSPS) is 14.2. The first kappa shape index (κ1) is 16.0. The number of H-pyrrole nitrogens is 1. The first-order valence-electron chi connectivity index (χ1n) is 7.72. The number of amides is 2. The molecule has 0 unspecified atom stereocenters. The SMILES string of the molecule is O=C(CNC(=O)c1ccccc1N1CCOCC1)Nc1cn[nH]c1. The highest BCUT2D eigenvalue weighted by Gasteiger charge is 2.18. The van der Waals surface area contributed by atoms with Gasteiger partial charge in [0.1, 0.15) is 0 Å². The van der Waals surface area contributed by atoms with Crippen LogP contribution in [0.1, 0.15) is 10.4 Å². The lowest BCUT2D eigenvalue weighted by molar-refractivity contribution is -0.115. The van der Waals surface area contributed by atoms with Gasteiger partial charge in [0.25, 0.3) is 5.91 Å². The van der Waals surface area contributed by atoms with Gasteiger partial charge in [-0.2, -0.15) is 5.10 Å². The fourth-order valence-electron chi connectivity index (χ4n) is 2.53. The third-order valence-electron chi connectivity index (χ3n) is 3.69. The lowest BCUT2D eigenvalue weighted by Crippen LogP contribution is -2.38. The quantitative estimate of drug-likeness (QED) is 0.747. The maximum atomic E-state index is 12.4. The van der Waals surface area contributed by atoms with Gasteiger partial charge in [0.05, 0.1) is 37.2 Å². The number of aromatic nitrogens is 2. The number of hydrogen-bond acceptors (Lipinski definition) is 5. The average Bonchev–Trinajstić information content (AvgIpc) is 3.13. The van der Waals surface area contributed by atoms with Crippen molar-refractivity contribution in [2.75, 3.05) is 43.1 Å². The number of benzene rings is 1. The lowest BCUT2D eigenvalue weighted by Gasteiger charge is -2.30. The van der Waals surface area contributed by atoms with Gasteiger partial charge in [0.2, 0.25) is 5.91 Å². The summed E-state index contributed by atoms with van der Waals surface area (Å²) in [5, 5.41) is 11.6. The Labute approximate surface area is 139 Å². The second kappa shape index (κ2) is 7.60. The number of carbonyl (C=O) groups excluding carboxylic acids is 2. The van der Waals surface area contributed by atoms with E-state index in [1.165, 1.54) is 6.20 Å². The molecule has 1 aromatic heterocycles. The number of nitrogens with zero attached hydrogens (tertiary/aromatic N) is 2. The van der Waals surface area contributed by atoms with E-state index in [1.807, 2.05) is 18.2 Å². The smallest absolute Gasteiger partial charge is 0.253 e. The highest BCUT2D eigenvalue weighted by atomic mass is 16.5. The van der Waals surface area contributed by atoms with E-state index in [9.17, 15) is 9.59 Å². The highest BCUT2D eigenvalue weighted by Crippen LogP contribution is 2.21. The maximum Gasteiger partial charge on any atom is 0.253 e. The molecule has 0 radical (unpaired) electrons. The minimum absolute atomic E-state index is 0.110. The molecule has 126 valence electrons. The van der Waals surface area contributed by atoms with Gasteiger partial charge >= 0.3 is 0 Å². The van der Waals surface area contributed by atoms with Crippen molar-refractivity contribution in [1.29, 1.82) is 0 Å². The topological polar surface area (TPSA) is 99.3 Å². The van der Waals surface area contributed by atoms with Crippen LogP contribution >= 0.6 is 0 Å². The van der Waals surface area contributed by atoms with Crippen molar-refractivity contribution < 1.29 is 14.3 Å². The molecule has 0 saturated carbocycles. The maximum absolute atomic E-state index is 12.4. The molecule has 1 saturated heterocycles. The molecule has 24 heavy (non-hydrogen) atoms. The molecular weight excluding hydrogens is 310 g/mol. The van der Waals surface area contributed by atoms with E-state index in [0.717, 1.165) is 18.8 Å². The Hall–Kier alpha value is -2.87. The van der Waals surface area contributed by atoms with Crippen LogP contribution in [0.25, 0.3) is 0 Å². The second-order valence-corrected chi connectivity index (χ2v) is 5.33. The molecule has 2 aromatic rings. The zero-order valence-corrected chi connectivity index (χ0v) is 13.1. The second-order valence-electron chi connectivity index (χ2n) is 5.33. The summed E-state index contributed by atoms with van der Waals surface area (Å²) in [5.41, 5.74) is 1.96. The molecule has 1 aromatic carbocycles. The van der Waals surface area contributed by atoms with Gasteiger partial charge in [0, 0.05) is 25.0 Å². The van der Waals surface area contributed by atoms with Gasteiger partial charge < -0.3 is 20.3 Å². The minimum atomic E-state index is -0.311. The van der Waals surface area contributed by atoms with Crippen LogP contribution in [0.2, 0.25) is 0 Å². The number of anilines is 2. The largest absolute Gasteiger partial charge is 0.378 e. The van der Waals surface area contributed by atoms with Crippen LogP contribution < -0.4 is 15.5 Å². The number of para-hydroxylation sites is 1. The summed E-state index contributed by atoms with van der Waals surface area (Å²) in [6, 6.07) is 7.37. The molecule has 0 aliphatic carbocycles. The van der Waals surface area contributed by atoms with Gasteiger partial charge in [-0.1, -0.05) is 12.1 Å². The number of hydrogen-bond donors (Lipinski definition) is 3. The van der Waals surface area contributed by atoms with E-state index < -0.39 is 0 Å². The summed E-state index contributed by atoms with van der Waals surface area (Å²) in [6.45, 7) is 2.66. The van der Waals surface area contributed by atoms with Gasteiger partial charge in [-0.05, 0) is 12.1 Å². The van der Waals surface area contributed by atoms with Crippen LogP contribution in [-0.2, 0) is 9.53 Å². The molecule has 0 atom stereocenters. The third-order valence-corrected chi connectivity index (χ3v) is 3.69. The number of aromatic amines is 1. The molecule has 2 amide bonds. The summed E-state index contributed by atoms with van der Waals surface area (Å²) >= 11 is 0. The Balaban J connectivity index is 1.61. The van der Waals surface area contributed by atoms with Gasteiger partial charge in [-0.25, -0.2) is 0 Å². The molecular formula is C16H19N5O3. The van der Waals surface area contributed by atoms with Crippen molar-refractivity contribution in [1.82, 2.24) is 15.5 Å². The van der Waals surface area contributed by atoms with Crippen LogP contribution in [0.5, 0.6) is 0 Å². The molecule has 3 N–H and O–H groups in total. The summed E-state index contributed by atoms with van der Waals surface area (Å²) in [6.07, 6.45) is 3.06. The standard InChI is InChI=1S/C16H19N5O3/c22-15(20-12-9-18-19-10-12)11-17-16(23)13-3-1-2-4-14(13)21-5-7-24-8-6-21/h1-4,9-10H,5-8,11H2,(H,17,23)(H,18,19)(H,20,22). The van der Waals surface area contributed by atoms with Crippen LogP contribution in [0.4, 0.5) is 11.4 Å². The predicted octanol–water partition coefficient (Wildman–Crippen LogP) is 0.615. The first-order chi connectivity index (χ1) is 11.7. The number of rotatable bonds is 5. The molecule has 0 bridgehead atoms. The summed E-state index contributed by atoms with van der Waals surface area (Å²) in [4.78, 5) is 26.4. The van der Waals surface area contributed by atoms with Crippen LogP contribution in [0, 0.1) is 0 Å². The molecule has 1 aliphatic rings. The van der Waals surface area contributed by atoms with E-state index in [2.05, 4.69) is 25.7 Å². The van der Waals surface area contributed by atoms with Crippen molar-refractivity contribution in [2.45, 2.75) is 0 Å². The monoisotopic (exact) mass is 329 g/mol. The molecule has 3 rings (SSSR count). The summed E-state index contributed by atoms with van der Waals surface area (Å²) < 4.78 is 5.35. The summed E-state index contributed by atoms with van der Waals surface area (Å²) in [5.74, 6) is -0.590. The molecule has 0 spiro atoms. The van der Waals surface area contributed by atoms with Crippen LogP contribution in [0.15, 0.2) is 36.7 Å². The third kappa shape index (κ3) is 3.90. The Morgan fingerprint density at radius 3 is 2.79 bits per heavy atom. The van der Waals surface area contributed by atoms with E-state index in [-0.39, 0.29) is 18.4 Å². The fraction of sp³-hybridized carbons (Fsp3) is 0.312. The molecule has 1 fully saturated rings. The number of nitrogens with one attached hydrogen (secondary N) is 3. The fourth-order valence-corrected chi connectivity index (χ4v) is 2.53. The number of carbonyl (C=O) groups is 2. The van der Waals surface area contributed by atoms with E-state index in [1.54, 1.807) is 12.3 Å². The minimum Gasteiger partial charge on any atom is -0.378 e. The molecule has 1 aliphatic heterocycles. The molecule has 8 nitrogen and oxygen atoms in total. The first-order valence-corrected chi connectivity index (χ1v) is 7.72. The number of ether oxygens (including phenoxy) is 1. The van der Waals surface area contributed by atoms with E-state index in [0.29, 0.717) is 24.5 Å². The van der Waals surface area contributed by atoms with Crippen molar-refractivity contribution >= 4 is 23.2 Å². The van der Waals surface area contributed by atoms with E-state index in [4.69, 9.17) is 4.74 Å². The van der Waals surface area contributed by atoms with Crippen molar-refractivity contribution in [3.63, 3.8) is 0 Å². The zero-order valence-electron chi connectivity index (χ0n) is 13.1. The molecule has 8 heteroatoms. The predicted molar refractivity (Wildman–Crippen MR) is 89.0 cm³/mol. The Kier molecular flexibility index (Phi) is 5.07. The van der Waals surface area contributed by atoms with Crippen molar-refractivity contribution in [3.05, 3.63) is 42.2 Å². The average molecular weight is 329 g/mol. The highest BCUT2D eigenvalue weighted by molar-refractivity contribution is 6.02. The van der Waals surface area contributed by atoms with Crippen molar-refractivity contribution in [2.24, 2.45) is 0 Å². The summed E-state index contributed by atoms with van der Waals surface area (Å²) in [7, 11) is 0. The lowest BCUT2D eigenvalue weighted by atomic mass is 10.1. The van der Waals surface area contributed by atoms with Crippen molar-refractivity contribution in [3.8, 4) is 0 Å². The van der Waals surface area contributed by atoms with E-state index >= 15 is 0 Å². The zero-order chi connectivity index (χ0) is 16.8. The Morgan fingerprint density at radius 1 is 1.25 bits per heavy atom. The van der Waals surface area contributed by atoms with Gasteiger partial charge in [-0.15, -0.1) is 0 Å². The molecule has 2 heterocycles. The Bertz CT molecular complexity index is 695. The number of morpholine rings is 1.